The van der Waals surface area contributed by atoms with Crippen molar-refractivity contribution in [2.24, 2.45) is 11.8 Å². The van der Waals surface area contributed by atoms with Gasteiger partial charge in [0, 0.05) is 10.3 Å². The number of rotatable bonds is 14. The van der Waals surface area contributed by atoms with Crippen LogP contribution in [-0.4, -0.2) is 0 Å². The van der Waals surface area contributed by atoms with Gasteiger partial charge in [0.2, 0.25) is 0 Å². The average Bonchev–Trinajstić information content (AvgIpc) is 3.12. The highest BCUT2D eigenvalue weighted by molar-refractivity contribution is 7.19. The molecule has 4 atom stereocenters. The summed E-state index contributed by atoms with van der Waals surface area (Å²) in [6, 6.07) is 29.9. The van der Waals surface area contributed by atoms with Crippen LogP contribution in [0.2, 0.25) is 0 Å². The minimum atomic E-state index is -0.189. The lowest BCUT2D eigenvalue weighted by Crippen LogP contribution is -2.50. The summed E-state index contributed by atoms with van der Waals surface area (Å²) >= 11 is 0. The Morgan fingerprint density at radius 2 is 0.583 bits per heavy atom. The number of aryl methyl sites for hydroxylation is 8. The van der Waals surface area contributed by atoms with Gasteiger partial charge in [-0.15, -0.1) is 18.5 Å². The monoisotopic (exact) mass is 676 g/mol. The van der Waals surface area contributed by atoms with Crippen molar-refractivity contribution in [3.05, 3.63) is 140 Å². The fourth-order valence-electron chi connectivity index (χ4n) is 9.01. The molecule has 4 aromatic carbocycles. The Morgan fingerprint density at radius 1 is 0.375 bits per heavy atom. The van der Waals surface area contributed by atoms with E-state index in [1.807, 2.05) is 0 Å². The SMILES string of the molecule is CCc1ccc(C(P)(c2ccc(CC)c(CC)c2)C2CCC2C(P)(c2ccc(CC)c(CC)c2)c2ccc(CC)c(CC)c2)cc1CC. The fraction of sp³-hybridized carbons (Fsp3) is 0.478. The van der Waals surface area contributed by atoms with E-state index in [-0.39, 0.29) is 10.3 Å². The zero-order valence-corrected chi connectivity index (χ0v) is 33.6. The highest BCUT2D eigenvalue weighted by Crippen LogP contribution is 2.64. The van der Waals surface area contributed by atoms with Crippen LogP contribution in [-0.2, 0) is 61.7 Å². The number of benzene rings is 4. The standard InChI is InChI=1S/C46H62P2/c1-9-31-17-21-39(27-35(31)13-5)45(47,40-22-18-32(10-2)36(14-6)28-40)43-25-26-44(43)46(48,41-23-19-33(11-3)37(15-7)29-41)42-24-20-34(12-4)38(16-8)30-42/h17-24,27-30,43-44H,9-16,25-26,47-48H2,1-8H3. The molecule has 0 N–H and O–H groups in total. The molecule has 0 heterocycles. The summed E-state index contributed by atoms with van der Waals surface area (Å²) in [6.07, 6.45) is 11.1. The van der Waals surface area contributed by atoms with Crippen LogP contribution < -0.4 is 0 Å². The molecule has 48 heavy (non-hydrogen) atoms. The highest BCUT2D eigenvalue weighted by atomic mass is 31.0. The van der Waals surface area contributed by atoms with E-state index in [9.17, 15) is 0 Å². The predicted octanol–water partition coefficient (Wildman–Crippen LogP) is 12.1. The first-order valence-corrected chi connectivity index (χ1v) is 20.4. The van der Waals surface area contributed by atoms with Crippen molar-refractivity contribution in [1.82, 2.24) is 0 Å². The van der Waals surface area contributed by atoms with Gasteiger partial charge in [0.25, 0.3) is 0 Å². The third-order valence-electron chi connectivity index (χ3n) is 12.2. The van der Waals surface area contributed by atoms with Gasteiger partial charge in [0.1, 0.15) is 0 Å². The van der Waals surface area contributed by atoms with Crippen molar-refractivity contribution in [2.75, 3.05) is 0 Å². The minimum absolute atomic E-state index is 0.189. The normalized spacial score (nSPS) is 16.6. The second kappa shape index (κ2) is 15.7. The molecule has 5 rings (SSSR count). The molecule has 0 aromatic heterocycles. The zero-order valence-electron chi connectivity index (χ0n) is 31.3. The summed E-state index contributed by atoms with van der Waals surface area (Å²) in [6.45, 7) is 18.5. The number of hydrogen-bond donors (Lipinski definition) is 0. The van der Waals surface area contributed by atoms with Crippen LogP contribution in [0, 0.1) is 11.8 Å². The zero-order chi connectivity index (χ0) is 34.6. The van der Waals surface area contributed by atoms with E-state index in [2.05, 4.69) is 147 Å². The first-order valence-electron chi connectivity index (χ1n) is 19.2. The van der Waals surface area contributed by atoms with E-state index >= 15 is 0 Å². The van der Waals surface area contributed by atoms with E-state index in [1.165, 1.54) is 79.6 Å². The summed E-state index contributed by atoms with van der Waals surface area (Å²) in [5.74, 6) is 0.919. The van der Waals surface area contributed by atoms with Crippen molar-refractivity contribution in [1.29, 1.82) is 0 Å². The molecule has 4 unspecified atom stereocenters. The molecule has 256 valence electrons. The molecule has 0 amide bonds. The summed E-state index contributed by atoms with van der Waals surface area (Å²) < 4.78 is 0. The average molecular weight is 677 g/mol. The maximum absolute atomic E-state index is 3.52. The molecule has 0 bridgehead atoms. The molecule has 1 aliphatic carbocycles. The molecule has 0 spiro atoms. The summed E-state index contributed by atoms with van der Waals surface area (Å²) in [7, 11) is 7.04. The Morgan fingerprint density at radius 3 is 0.750 bits per heavy atom. The molecule has 0 saturated heterocycles. The van der Waals surface area contributed by atoms with Crippen molar-refractivity contribution < 1.29 is 0 Å². The lowest BCUT2D eigenvalue weighted by Gasteiger charge is -2.56. The van der Waals surface area contributed by atoms with E-state index in [4.69, 9.17) is 0 Å². The molecule has 0 nitrogen and oxygen atoms in total. The molecular weight excluding hydrogens is 614 g/mol. The second-order valence-electron chi connectivity index (χ2n) is 14.3. The van der Waals surface area contributed by atoms with Gasteiger partial charge < -0.3 is 0 Å². The molecule has 1 aliphatic rings. The largest absolute Gasteiger partial charge is 0.121 e. The third kappa shape index (κ3) is 6.52. The Balaban J connectivity index is 1.77. The maximum Gasteiger partial charge on any atom is 0.0375 e. The van der Waals surface area contributed by atoms with Gasteiger partial charge in [0.15, 0.2) is 0 Å². The molecule has 0 aliphatic heterocycles. The van der Waals surface area contributed by atoms with E-state index < -0.39 is 0 Å². The lowest BCUT2D eigenvalue weighted by atomic mass is 9.56. The van der Waals surface area contributed by atoms with Gasteiger partial charge >= 0.3 is 0 Å². The lowest BCUT2D eigenvalue weighted by molar-refractivity contribution is 0.109. The van der Waals surface area contributed by atoms with Gasteiger partial charge in [-0.05, 0) is 143 Å². The van der Waals surface area contributed by atoms with Gasteiger partial charge in [-0.3, -0.25) is 0 Å². The maximum atomic E-state index is 3.52. The highest BCUT2D eigenvalue weighted by Gasteiger charge is 2.55. The quantitative estimate of drug-likeness (QED) is 0.117. The summed E-state index contributed by atoms with van der Waals surface area (Å²) in [5.41, 5.74) is 17.8. The molecule has 0 radical (unpaired) electrons. The fourth-order valence-corrected chi connectivity index (χ4v) is 10.5. The van der Waals surface area contributed by atoms with Crippen molar-refractivity contribution in [3.8, 4) is 0 Å². The third-order valence-corrected chi connectivity index (χ3v) is 14.4. The molecule has 1 fully saturated rings. The first kappa shape index (κ1) is 37.0. The van der Waals surface area contributed by atoms with Crippen molar-refractivity contribution >= 4 is 18.5 Å². The van der Waals surface area contributed by atoms with Crippen LogP contribution in [0.25, 0.3) is 0 Å². The van der Waals surface area contributed by atoms with E-state index in [1.54, 1.807) is 0 Å². The summed E-state index contributed by atoms with van der Waals surface area (Å²) in [5, 5.41) is -0.379. The molecule has 4 aromatic rings. The van der Waals surface area contributed by atoms with Crippen LogP contribution in [0.15, 0.2) is 72.8 Å². The summed E-state index contributed by atoms with van der Waals surface area (Å²) in [4.78, 5) is 0. The van der Waals surface area contributed by atoms with Crippen LogP contribution in [0.5, 0.6) is 0 Å². The van der Waals surface area contributed by atoms with Crippen LogP contribution in [0.3, 0.4) is 0 Å². The Labute approximate surface area is 298 Å². The van der Waals surface area contributed by atoms with Crippen molar-refractivity contribution in [2.45, 2.75) is 130 Å². The topological polar surface area (TPSA) is 0 Å². The molecule has 1 saturated carbocycles. The smallest absolute Gasteiger partial charge is 0.0375 e. The van der Waals surface area contributed by atoms with E-state index in [0.29, 0.717) is 11.8 Å². The van der Waals surface area contributed by atoms with E-state index in [0.717, 1.165) is 51.4 Å². The van der Waals surface area contributed by atoms with Crippen LogP contribution >= 0.6 is 18.5 Å². The molecular formula is C46H62P2. The Bertz CT molecular complexity index is 1470. The van der Waals surface area contributed by atoms with Crippen molar-refractivity contribution in [3.63, 3.8) is 0 Å². The van der Waals surface area contributed by atoms with Gasteiger partial charge in [0.05, 0.1) is 0 Å². The van der Waals surface area contributed by atoms with Gasteiger partial charge in [-0.1, -0.05) is 128 Å². The van der Waals surface area contributed by atoms with Gasteiger partial charge in [-0.25, -0.2) is 0 Å². The Hall–Kier alpha value is -2.26. The van der Waals surface area contributed by atoms with Crippen LogP contribution in [0.4, 0.5) is 0 Å². The van der Waals surface area contributed by atoms with Crippen LogP contribution in [0.1, 0.15) is 135 Å². The first-order chi connectivity index (χ1) is 23.2. The Kier molecular flexibility index (Phi) is 12.1. The second-order valence-corrected chi connectivity index (χ2v) is 16.1. The predicted molar refractivity (Wildman–Crippen MR) is 218 cm³/mol. The number of hydrogen-bond acceptors (Lipinski definition) is 0. The molecule has 2 heteroatoms. The van der Waals surface area contributed by atoms with Gasteiger partial charge in [-0.2, -0.15) is 0 Å². The minimum Gasteiger partial charge on any atom is -0.121 e.